The van der Waals surface area contributed by atoms with Gasteiger partial charge >= 0.3 is 6.18 Å². The minimum atomic E-state index is -4.39. The fourth-order valence-corrected chi connectivity index (χ4v) is 3.59. The van der Waals surface area contributed by atoms with Crippen molar-refractivity contribution in [3.63, 3.8) is 0 Å². The van der Waals surface area contributed by atoms with Gasteiger partial charge in [0.15, 0.2) is 0 Å². The van der Waals surface area contributed by atoms with Crippen molar-refractivity contribution < 1.29 is 22.7 Å². The molecule has 1 aliphatic heterocycles. The van der Waals surface area contributed by atoms with E-state index in [0.29, 0.717) is 5.92 Å². The van der Waals surface area contributed by atoms with Gasteiger partial charge in [-0.1, -0.05) is 12.8 Å². The van der Waals surface area contributed by atoms with Crippen LogP contribution in [0.3, 0.4) is 0 Å². The van der Waals surface area contributed by atoms with Crippen molar-refractivity contribution in [1.29, 1.82) is 0 Å². The van der Waals surface area contributed by atoms with Crippen molar-refractivity contribution in [3.05, 3.63) is 0 Å². The minimum absolute atomic E-state index is 0.104. The molecular weight excluding hydrogens is 271 g/mol. The van der Waals surface area contributed by atoms with E-state index in [0.717, 1.165) is 25.7 Å². The summed E-state index contributed by atoms with van der Waals surface area (Å²) in [7, 11) is 0. The fourth-order valence-electron chi connectivity index (χ4n) is 3.59. The summed E-state index contributed by atoms with van der Waals surface area (Å²) in [6, 6.07) is 0.302. The number of hydrogen-bond donors (Lipinski definition) is 0. The monoisotopic (exact) mass is 293 g/mol. The number of carbonyl (C=O) groups is 1. The zero-order chi connectivity index (χ0) is 14.9. The Hall–Kier alpha value is -0.780. The molecule has 1 saturated heterocycles. The molecule has 116 valence electrons. The van der Waals surface area contributed by atoms with E-state index in [1.165, 1.54) is 13.3 Å². The van der Waals surface area contributed by atoms with Crippen LogP contribution in [-0.2, 0) is 9.53 Å². The first-order valence-electron chi connectivity index (χ1n) is 7.30. The summed E-state index contributed by atoms with van der Waals surface area (Å²) in [5.74, 6) is 0.216. The Morgan fingerprint density at radius 1 is 1.35 bits per heavy atom. The number of alkyl halides is 3. The van der Waals surface area contributed by atoms with Gasteiger partial charge in [0.2, 0.25) is 0 Å². The van der Waals surface area contributed by atoms with E-state index in [9.17, 15) is 18.0 Å². The molecule has 3 nitrogen and oxygen atoms in total. The molecular formula is C14H22F3NO2. The summed E-state index contributed by atoms with van der Waals surface area (Å²) in [4.78, 5) is 14.1. The largest absolute Gasteiger partial charge is 0.411 e. The molecule has 0 bridgehead atoms. The lowest BCUT2D eigenvalue weighted by Gasteiger charge is -2.34. The van der Waals surface area contributed by atoms with Crippen LogP contribution in [0.2, 0.25) is 0 Å². The molecule has 0 unspecified atom stereocenters. The second-order valence-corrected chi connectivity index (χ2v) is 6.01. The lowest BCUT2D eigenvalue weighted by molar-refractivity contribution is -0.189. The molecule has 1 heterocycles. The minimum Gasteiger partial charge on any atom is -0.359 e. The average molecular weight is 293 g/mol. The Bertz CT molecular complexity index is 359. The number of likely N-dealkylation sites (tertiary alicyclic amines) is 1. The van der Waals surface area contributed by atoms with Crippen LogP contribution in [0.4, 0.5) is 13.2 Å². The van der Waals surface area contributed by atoms with Gasteiger partial charge in [-0.15, -0.1) is 0 Å². The normalized spacial score (nSPS) is 32.0. The van der Waals surface area contributed by atoms with Crippen molar-refractivity contribution in [3.8, 4) is 0 Å². The number of halogens is 3. The fraction of sp³-hybridized carbons (Fsp3) is 0.929. The molecule has 2 fully saturated rings. The smallest absolute Gasteiger partial charge is 0.359 e. The van der Waals surface area contributed by atoms with Crippen LogP contribution in [0.25, 0.3) is 0 Å². The molecule has 2 rings (SSSR count). The highest BCUT2D eigenvalue weighted by Crippen LogP contribution is 2.39. The molecule has 0 aromatic heterocycles. The Balaban J connectivity index is 1.96. The van der Waals surface area contributed by atoms with Crippen LogP contribution in [0.15, 0.2) is 0 Å². The van der Waals surface area contributed by atoms with E-state index in [-0.39, 0.29) is 18.0 Å². The van der Waals surface area contributed by atoms with Gasteiger partial charge in [-0.2, -0.15) is 13.2 Å². The molecule has 1 amide bonds. The van der Waals surface area contributed by atoms with E-state index in [4.69, 9.17) is 4.74 Å². The summed E-state index contributed by atoms with van der Waals surface area (Å²) in [5, 5.41) is 0. The predicted octanol–water partition coefficient (Wildman–Crippen LogP) is 3.13. The molecule has 1 aliphatic carbocycles. The Morgan fingerprint density at radius 2 is 2.00 bits per heavy atom. The van der Waals surface area contributed by atoms with Crippen molar-refractivity contribution >= 4 is 5.91 Å². The standard InChI is InChI=1S/C14H22F3NO2/c1-9-7-11-5-3-4-6-12(11)18(9)13(19)10(2)20-8-14(15,16)17/h9-12H,3-8H2,1-2H3/t9-,10+,11-,12-/m1/s1. The maximum Gasteiger partial charge on any atom is 0.411 e. The topological polar surface area (TPSA) is 29.5 Å². The van der Waals surface area contributed by atoms with Crippen molar-refractivity contribution in [2.45, 2.75) is 70.3 Å². The second kappa shape index (κ2) is 5.92. The first-order valence-corrected chi connectivity index (χ1v) is 7.30. The molecule has 0 N–H and O–H groups in total. The van der Waals surface area contributed by atoms with Crippen LogP contribution < -0.4 is 0 Å². The third kappa shape index (κ3) is 3.45. The number of hydrogen-bond acceptors (Lipinski definition) is 2. The summed E-state index contributed by atoms with van der Waals surface area (Å²) in [6.45, 7) is 2.03. The first kappa shape index (κ1) is 15.6. The SMILES string of the molecule is C[C@H](OCC(F)(F)F)C(=O)N1[C@H](C)C[C@H]2CCCC[C@H]21. The number of fused-ring (bicyclic) bond motifs is 1. The Kier molecular flexibility index (Phi) is 4.62. The maximum atomic E-state index is 12.4. The summed E-state index contributed by atoms with van der Waals surface area (Å²) in [5.41, 5.74) is 0. The molecule has 20 heavy (non-hydrogen) atoms. The number of nitrogens with zero attached hydrogens (tertiary/aromatic N) is 1. The number of ether oxygens (including phenoxy) is 1. The number of amides is 1. The second-order valence-electron chi connectivity index (χ2n) is 6.01. The molecule has 2 aliphatic rings. The highest BCUT2D eigenvalue weighted by atomic mass is 19.4. The van der Waals surface area contributed by atoms with Gasteiger partial charge in [0.25, 0.3) is 5.91 Å². The average Bonchev–Trinajstić information content (AvgIpc) is 2.70. The zero-order valence-corrected chi connectivity index (χ0v) is 11.9. The molecule has 0 aromatic rings. The quantitative estimate of drug-likeness (QED) is 0.800. The zero-order valence-electron chi connectivity index (χ0n) is 11.9. The molecule has 1 saturated carbocycles. The van der Waals surface area contributed by atoms with Gasteiger partial charge in [-0.3, -0.25) is 4.79 Å². The van der Waals surface area contributed by atoms with Gasteiger partial charge in [0.05, 0.1) is 0 Å². The van der Waals surface area contributed by atoms with Gasteiger partial charge in [-0.25, -0.2) is 0 Å². The summed E-state index contributed by atoms with van der Waals surface area (Å²) in [6.07, 6.45) is -0.0878. The highest BCUT2D eigenvalue weighted by molar-refractivity contribution is 5.81. The van der Waals surface area contributed by atoms with E-state index in [1.54, 1.807) is 4.90 Å². The van der Waals surface area contributed by atoms with E-state index >= 15 is 0 Å². The highest BCUT2D eigenvalue weighted by Gasteiger charge is 2.44. The Morgan fingerprint density at radius 3 is 2.65 bits per heavy atom. The summed E-state index contributed by atoms with van der Waals surface area (Å²) >= 11 is 0. The predicted molar refractivity (Wildman–Crippen MR) is 68.1 cm³/mol. The van der Waals surface area contributed by atoms with Gasteiger partial charge in [0, 0.05) is 12.1 Å². The molecule has 4 atom stereocenters. The summed E-state index contributed by atoms with van der Waals surface area (Å²) < 4.78 is 41.1. The van der Waals surface area contributed by atoms with Gasteiger partial charge < -0.3 is 9.64 Å². The van der Waals surface area contributed by atoms with E-state index < -0.39 is 18.9 Å². The van der Waals surface area contributed by atoms with Crippen molar-refractivity contribution in [1.82, 2.24) is 4.90 Å². The van der Waals surface area contributed by atoms with Crippen LogP contribution in [0.5, 0.6) is 0 Å². The number of rotatable bonds is 3. The molecule has 0 radical (unpaired) electrons. The third-order valence-corrected chi connectivity index (χ3v) is 4.44. The maximum absolute atomic E-state index is 12.4. The van der Waals surface area contributed by atoms with Gasteiger partial charge in [-0.05, 0) is 39.0 Å². The molecule has 0 aromatic carbocycles. The molecule has 0 spiro atoms. The van der Waals surface area contributed by atoms with Crippen LogP contribution in [-0.4, -0.2) is 41.8 Å². The van der Waals surface area contributed by atoms with E-state index in [2.05, 4.69) is 0 Å². The van der Waals surface area contributed by atoms with Crippen LogP contribution >= 0.6 is 0 Å². The van der Waals surface area contributed by atoms with Crippen molar-refractivity contribution in [2.75, 3.05) is 6.61 Å². The third-order valence-electron chi connectivity index (χ3n) is 4.44. The van der Waals surface area contributed by atoms with Crippen molar-refractivity contribution in [2.24, 2.45) is 5.92 Å². The lowest BCUT2D eigenvalue weighted by Crippen LogP contribution is -2.47. The van der Waals surface area contributed by atoms with E-state index in [1.807, 2.05) is 6.92 Å². The first-order chi connectivity index (χ1) is 9.29. The Labute approximate surface area is 117 Å². The number of carbonyl (C=O) groups excluding carboxylic acids is 1. The van der Waals surface area contributed by atoms with Gasteiger partial charge in [0.1, 0.15) is 12.7 Å². The van der Waals surface area contributed by atoms with Crippen LogP contribution in [0.1, 0.15) is 46.0 Å². The van der Waals surface area contributed by atoms with Crippen LogP contribution in [0, 0.1) is 5.92 Å². The molecule has 6 heteroatoms. The lowest BCUT2D eigenvalue weighted by atomic mass is 9.85.